The second-order valence-electron chi connectivity index (χ2n) is 6.18. The van der Waals surface area contributed by atoms with E-state index in [2.05, 4.69) is 15.1 Å². The van der Waals surface area contributed by atoms with Crippen LogP contribution in [0.5, 0.6) is 0 Å². The third-order valence-corrected chi connectivity index (χ3v) is 4.26. The van der Waals surface area contributed by atoms with E-state index in [0.717, 1.165) is 33.3 Å². The Hall–Kier alpha value is -3.54. The molecule has 0 spiro atoms. The number of pyridine rings is 2. The number of benzene rings is 1. The first-order valence-corrected chi connectivity index (χ1v) is 8.22. The van der Waals surface area contributed by atoms with Crippen molar-refractivity contribution in [3.05, 3.63) is 77.9 Å². The minimum Gasteiger partial charge on any atom is -0.364 e. The maximum atomic E-state index is 11.9. The van der Waals surface area contributed by atoms with Crippen LogP contribution in [-0.2, 0) is 13.5 Å². The van der Waals surface area contributed by atoms with Crippen LogP contribution in [0.1, 0.15) is 21.6 Å². The molecule has 0 aliphatic carbocycles. The van der Waals surface area contributed by atoms with Crippen molar-refractivity contribution in [1.29, 1.82) is 0 Å². The summed E-state index contributed by atoms with van der Waals surface area (Å²) < 4.78 is 1.74. The highest BCUT2D eigenvalue weighted by Gasteiger charge is 2.13. The fraction of sp³-hybridized carbons (Fsp3) is 0.100. The van der Waals surface area contributed by atoms with Crippen LogP contribution < -0.4 is 5.73 Å². The van der Waals surface area contributed by atoms with Crippen LogP contribution >= 0.6 is 0 Å². The number of fused-ring (bicyclic) bond motifs is 1. The van der Waals surface area contributed by atoms with Crippen LogP contribution in [0, 0.1) is 0 Å². The largest absolute Gasteiger partial charge is 0.364 e. The van der Waals surface area contributed by atoms with Crippen LogP contribution in [-0.4, -0.2) is 25.7 Å². The lowest BCUT2D eigenvalue weighted by Crippen LogP contribution is -2.16. The number of aromatic nitrogens is 4. The van der Waals surface area contributed by atoms with Crippen molar-refractivity contribution in [1.82, 2.24) is 19.7 Å². The lowest BCUT2D eigenvalue weighted by molar-refractivity contribution is 0.0995. The Balaban J connectivity index is 1.75. The summed E-state index contributed by atoms with van der Waals surface area (Å²) in [6.45, 7) is 0. The van der Waals surface area contributed by atoms with Crippen LogP contribution in [0.3, 0.4) is 0 Å². The van der Waals surface area contributed by atoms with Crippen LogP contribution in [0.2, 0.25) is 0 Å². The molecule has 3 aromatic heterocycles. The van der Waals surface area contributed by atoms with Crippen LogP contribution in [0.4, 0.5) is 0 Å². The Morgan fingerprint density at radius 1 is 1.19 bits per heavy atom. The third-order valence-electron chi connectivity index (χ3n) is 4.26. The number of hydrogen-bond donors (Lipinski definition) is 1. The van der Waals surface area contributed by atoms with E-state index in [1.54, 1.807) is 17.1 Å². The molecule has 128 valence electrons. The molecule has 0 bridgehead atoms. The molecule has 6 heteroatoms. The number of hydrogen-bond acceptors (Lipinski definition) is 4. The maximum absolute atomic E-state index is 11.9. The molecule has 2 N–H and O–H groups in total. The Bertz CT molecular complexity index is 1120. The fourth-order valence-corrected chi connectivity index (χ4v) is 3.02. The Morgan fingerprint density at radius 3 is 2.81 bits per heavy atom. The van der Waals surface area contributed by atoms with E-state index >= 15 is 0 Å². The van der Waals surface area contributed by atoms with E-state index < -0.39 is 5.91 Å². The molecule has 0 aliphatic rings. The topological polar surface area (TPSA) is 86.7 Å². The minimum absolute atomic E-state index is 0.309. The molecule has 0 saturated carbocycles. The number of aryl methyl sites for hydroxylation is 1. The first-order valence-electron chi connectivity index (χ1n) is 8.22. The van der Waals surface area contributed by atoms with Gasteiger partial charge < -0.3 is 5.73 Å². The highest BCUT2D eigenvalue weighted by Crippen LogP contribution is 2.22. The molecule has 3 heterocycles. The summed E-state index contributed by atoms with van der Waals surface area (Å²) in [7, 11) is 1.87. The van der Waals surface area contributed by atoms with Gasteiger partial charge in [-0.25, -0.2) is 4.98 Å². The number of carbonyl (C=O) groups is 1. The van der Waals surface area contributed by atoms with Gasteiger partial charge >= 0.3 is 0 Å². The van der Waals surface area contributed by atoms with Gasteiger partial charge in [-0.3, -0.25) is 14.5 Å². The van der Waals surface area contributed by atoms with Crippen molar-refractivity contribution >= 4 is 16.8 Å². The summed E-state index contributed by atoms with van der Waals surface area (Å²) in [5.41, 5.74) is 10.2. The van der Waals surface area contributed by atoms with E-state index in [9.17, 15) is 4.79 Å². The molecule has 0 unspecified atom stereocenters. The second-order valence-corrected chi connectivity index (χ2v) is 6.18. The Labute approximate surface area is 150 Å². The van der Waals surface area contributed by atoms with Gasteiger partial charge in [0.05, 0.1) is 17.4 Å². The SMILES string of the molecule is Cn1cc(-c2cc(Cc3cc4ccccc4nc3C(N)=O)ccn2)cn1. The van der Waals surface area contributed by atoms with E-state index in [1.807, 2.05) is 55.7 Å². The predicted octanol–water partition coefficient (Wildman–Crippen LogP) is 2.72. The van der Waals surface area contributed by atoms with Gasteiger partial charge in [0.1, 0.15) is 5.69 Å². The van der Waals surface area contributed by atoms with Gasteiger partial charge in [-0.05, 0) is 41.8 Å². The van der Waals surface area contributed by atoms with E-state index in [1.165, 1.54) is 0 Å². The fourth-order valence-electron chi connectivity index (χ4n) is 3.02. The predicted molar refractivity (Wildman–Crippen MR) is 99.5 cm³/mol. The van der Waals surface area contributed by atoms with Gasteiger partial charge in [0, 0.05) is 30.4 Å². The number of primary amides is 1. The van der Waals surface area contributed by atoms with Crippen molar-refractivity contribution in [2.45, 2.75) is 6.42 Å². The van der Waals surface area contributed by atoms with Crippen molar-refractivity contribution < 1.29 is 4.79 Å². The smallest absolute Gasteiger partial charge is 0.267 e. The number of carbonyl (C=O) groups excluding carboxylic acids is 1. The molecule has 4 rings (SSSR count). The van der Waals surface area contributed by atoms with E-state index in [4.69, 9.17) is 5.73 Å². The zero-order valence-electron chi connectivity index (χ0n) is 14.3. The number of nitrogens with two attached hydrogens (primary N) is 1. The summed E-state index contributed by atoms with van der Waals surface area (Å²) in [5.74, 6) is -0.521. The van der Waals surface area contributed by atoms with Gasteiger partial charge in [0.25, 0.3) is 5.91 Å². The highest BCUT2D eigenvalue weighted by atomic mass is 16.1. The zero-order valence-corrected chi connectivity index (χ0v) is 14.3. The molecular formula is C20H17N5O. The molecular weight excluding hydrogens is 326 g/mol. The van der Waals surface area contributed by atoms with Crippen LogP contribution in [0.15, 0.2) is 61.1 Å². The summed E-state index contributed by atoms with van der Waals surface area (Å²) in [6.07, 6.45) is 6.00. The van der Waals surface area contributed by atoms with Crippen molar-refractivity contribution in [2.24, 2.45) is 12.8 Å². The van der Waals surface area contributed by atoms with Crippen molar-refractivity contribution in [3.63, 3.8) is 0 Å². The number of para-hydroxylation sites is 1. The van der Waals surface area contributed by atoms with Crippen molar-refractivity contribution in [3.8, 4) is 11.3 Å². The van der Waals surface area contributed by atoms with Gasteiger partial charge in [0.2, 0.25) is 0 Å². The lowest BCUT2D eigenvalue weighted by Gasteiger charge is -2.09. The molecule has 1 amide bonds. The van der Waals surface area contributed by atoms with Gasteiger partial charge in [-0.15, -0.1) is 0 Å². The molecule has 4 aromatic rings. The molecule has 6 nitrogen and oxygen atoms in total. The number of nitrogens with zero attached hydrogens (tertiary/aromatic N) is 4. The summed E-state index contributed by atoms with van der Waals surface area (Å²) in [4.78, 5) is 20.7. The molecule has 0 saturated heterocycles. The Morgan fingerprint density at radius 2 is 2.04 bits per heavy atom. The van der Waals surface area contributed by atoms with Crippen LogP contribution in [0.25, 0.3) is 22.2 Å². The summed E-state index contributed by atoms with van der Waals surface area (Å²) in [5, 5.41) is 5.16. The normalized spacial score (nSPS) is 11.0. The molecule has 0 aliphatic heterocycles. The second kappa shape index (κ2) is 6.40. The molecule has 0 radical (unpaired) electrons. The monoisotopic (exact) mass is 343 g/mol. The third kappa shape index (κ3) is 3.04. The van der Waals surface area contributed by atoms with E-state index in [-0.39, 0.29) is 0 Å². The van der Waals surface area contributed by atoms with Crippen molar-refractivity contribution in [2.75, 3.05) is 0 Å². The molecule has 26 heavy (non-hydrogen) atoms. The average Bonchev–Trinajstić information content (AvgIpc) is 3.08. The first-order chi connectivity index (χ1) is 12.6. The first kappa shape index (κ1) is 16.0. The van der Waals surface area contributed by atoms with Gasteiger partial charge in [0.15, 0.2) is 0 Å². The summed E-state index contributed by atoms with van der Waals surface area (Å²) >= 11 is 0. The summed E-state index contributed by atoms with van der Waals surface area (Å²) in [6, 6.07) is 13.6. The lowest BCUT2D eigenvalue weighted by atomic mass is 10.0. The quantitative estimate of drug-likeness (QED) is 0.617. The standard InChI is InChI=1S/C20H17N5O/c1-25-12-16(11-23-25)18-9-13(6-7-22-18)8-15-10-14-4-2-3-5-17(14)24-19(15)20(21)26/h2-7,9-12H,8H2,1H3,(H2,21,26). The maximum Gasteiger partial charge on any atom is 0.267 e. The average molecular weight is 343 g/mol. The highest BCUT2D eigenvalue weighted by molar-refractivity contribution is 5.95. The number of rotatable bonds is 4. The molecule has 1 aromatic carbocycles. The molecule has 0 atom stereocenters. The van der Waals surface area contributed by atoms with Gasteiger partial charge in [-0.1, -0.05) is 18.2 Å². The van der Waals surface area contributed by atoms with Gasteiger partial charge in [-0.2, -0.15) is 5.10 Å². The zero-order chi connectivity index (χ0) is 18.1. The number of amides is 1. The Kier molecular flexibility index (Phi) is 3.93. The molecule has 0 fully saturated rings. The van der Waals surface area contributed by atoms with E-state index in [0.29, 0.717) is 12.1 Å². The minimum atomic E-state index is -0.521.